The normalized spacial score (nSPS) is 21.8. The van der Waals surface area contributed by atoms with Gasteiger partial charge in [-0.3, -0.25) is 9.59 Å². The van der Waals surface area contributed by atoms with E-state index < -0.39 is 11.2 Å². The predicted molar refractivity (Wildman–Crippen MR) is 85.4 cm³/mol. The third kappa shape index (κ3) is 2.63. The monoisotopic (exact) mass is 336 g/mol. The van der Waals surface area contributed by atoms with Crippen LogP contribution in [0.25, 0.3) is 0 Å². The number of rotatable bonds is 1. The number of halogens is 2. The van der Waals surface area contributed by atoms with Gasteiger partial charge in [-0.25, -0.2) is 4.39 Å². The van der Waals surface area contributed by atoms with Gasteiger partial charge >= 0.3 is 0 Å². The topological polar surface area (TPSA) is 63.4 Å². The van der Waals surface area contributed by atoms with Crippen LogP contribution >= 0.6 is 11.6 Å². The van der Waals surface area contributed by atoms with E-state index >= 15 is 0 Å². The van der Waals surface area contributed by atoms with Gasteiger partial charge in [0, 0.05) is 23.9 Å². The molecule has 1 aliphatic carbocycles. The van der Waals surface area contributed by atoms with Crippen LogP contribution in [0.1, 0.15) is 30.6 Å². The minimum atomic E-state index is -0.526. The maximum Gasteiger partial charge on any atom is 0.255 e. The standard InChI is InChI=1S/C17H18ClFN2O2/c1-16(2)7-17(6-13(20)14(16)22)8-21(9-17)15(23)11-4-3-10(19)5-12(11)18/h3-6H,7-9,20H2,1-2H3. The van der Waals surface area contributed by atoms with Gasteiger partial charge < -0.3 is 10.6 Å². The molecule has 0 saturated carbocycles. The molecule has 3 rings (SSSR count). The Morgan fingerprint density at radius 2 is 2.00 bits per heavy atom. The van der Waals surface area contributed by atoms with Crippen molar-refractivity contribution in [2.45, 2.75) is 20.3 Å². The number of hydrogen-bond acceptors (Lipinski definition) is 3. The molecule has 1 saturated heterocycles. The van der Waals surface area contributed by atoms with Crippen LogP contribution in [-0.4, -0.2) is 29.7 Å². The third-order valence-electron chi connectivity index (χ3n) is 4.59. The molecule has 1 heterocycles. The molecular weight excluding hydrogens is 319 g/mol. The Balaban J connectivity index is 1.78. The Hall–Kier alpha value is -1.88. The lowest BCUT2D eigenvalue weighted by Gasteiger charge is -2.53. The molecule has 23 heavy (non-hydrogen) atoms. The van der Waals surface area contributed by atoms with Crippen molar-refractivity contribution in [1.29, 1.82) is 0 Å². The van der Waals surface area contributed by atoms with E-state index in [1.807, 2.05) is 13.8 Å². The molecule has 0 aromatic heterocycles. The number of carbonyl (C=O) groups is 2. The zero-order valence-electron chi connectivity index (χ0n) is 13.0. The summed E-state index contributed by atoms with van der Waals surface area (Å²) in [6.07, 6.45) is 2.44. The number of likely N-dealkylation sites (tertiary alicyclic amines) is 1. The van der Waals surface area contributed by atoms with E-state index in [9.17, 15) is 14.0 Å². The van der Waals surface area contributed by atoms with E-state index in [1.54, 1.807) is 11.0 Å². The highest BCUT2D eigenvalue weighted by atomic mass is 35.5. The first-order valence-corrected chi connectivity index (χ1v) is 7.79. The van der Waals surface area contributed by atoms with Gasteiger partial charge in [-0.05, 0) is 30.7 Å². The highest BCUT2D eigenvalue weighted by Crippen LogP contribution is 2.47. The van der Waals surface area contributed by atoms with E-state index in [-0.39, 0.29) is 33.4 Å². The second-order valence-electron chi connectivity index (χ2n) is 7.14. The Morgan fingerprint density at radius 1 is 1.35 bits per heavy atom. The van der Waals surface area contributed by atoms with Crippen molar-refractivity contribution >= 4 is 23.3 Å². The highest BCUT2D eigenvalue weighted by Gasteiger charge is 2.51. The molecule has 4 nitrogen and oxygen atoms in total. The van der Waals surface area contributed by atoms with E-state index in [2.05, 4.69) is 0 Å². The summed E-state index contributed by atoms with van der Waals surface area (Å²) in [5.74, 6) is -0.758. The summed E-state index contributed by atoms with van der Waals surface area (Å²) in [7, 11) is 0. The molecular formula is C17H18ClFN2O2. The molecule has 1 aromatic rings. The number of nitrogens with two attached hydrogens (primary N) is 1. The second kappa shape index (κ2) is 5.06. The number of Topliss-reactive ketones (excluding diaryl/α,β-unsaturated/α-hetero) is 1. The van der Waals surface area contributed by atoms with Crippen molar-refractivity contribution in [3.63, 3.8) is 0 Å². The number of allylic oxidation sites excluding steroid dienone is 1. The molecule has 0 atom stereocenters. The van der Waals surface area contributed by atoms with Gasteiger partial charge in [-0.1, -0.05) is 25.4 Å². The Kier molecular flexibility index (Phi) is 3.52. The largest absolute Gasteiger partial charge is 0.396 e. The summed E-state index contributed by atoms with van der Waals surface area (Å²) in [6, 6.07) is 3.74. The molecule has 0 unspecified atom stereocenters. The van der Waals surface area contributed by atoms with Crippen molar-refractivity contribution in [3.8, 4) is 0 Å². The van der Waals surface area contributed by atoms with Crippen LogP contribution in [0.15, 0.2) is 30.0 Å². The minimum Gasteiger partial charge on any atom is -0.396 e. The fourth-order valence-corrected chi connectivity index (χ4v) is 3.94. The van der Waals surface area contributed by atoms with Crippen LogP contribution in [0.3, 0.4) is 0 Å². The molecule has 0 radical (unpaired) electrons. The molecule has 122 valence electrons. The zero-order valence-corrected chi connectivity index (χ0v) is 13.8. The third-order valence-corrected chi connectivity index (χ3v) is 4.91. The quantitative estimate of drug-likeness (QED) is 0.857. The number of carbonyl (C=O) groups excluding carboxylic acids is 2. The molecule has 1 aromatic carbocycles. The van der Waals surface area contributed by atoms with E-state index in [0.717, 1.165) is 6.07 Å². The summed E-state index contributed by atoms with van der Waals surface area (Å²) in [5.41, 5.74) is 5.63. The van der Waals surface area contributed by atoms with E-state index in [4.69, 9.17) is 17.3 Å². The first-order chi connectivity index (χ1) is 10.6. The Morgan fingerprint density at radius 3 is 2.57 bits per heavy atom. The van der Waals surface area contributed by atoms with E-state index in [1.165, 1.54) is 12.1 Å². The number of benzene rings is 1. The molecule has 2 N–H and O–H groups in total. The summed E-state index contributed by atoms with van der Waals surface area (Å²) >= 11 is 5.95. The van der Waals surface area contributed by atoms with Crippen LogP contribution in [0.2, 0.25) is 5.02 Å². The molecule has 6 heteroatoms. The van der Waals surface area contributed by atoms with Gasteiger partial charge in [0.2, 0.25) is 0 Å². The lowest BCUT2D eigenvalue weighted by molar-refractivity contribution is -0.127. The fraction of sp³-hybridized carbons (Fsp3) is 0.412. The molecule has 1 aliphatic heterocycles. The first-order valence-electron chi connectivity index (χ1n) is 7.41. The lowest BCUT2D eigenvalue weighted by atomic mass is 9.62. The average Bonchev–Trinajstić information content (AvgIpc) is 2.41. The summed E-state index contributed by atoms with van der Waals surface area (Å²) in [5, 5.41) is 0.102. The van der Waals surface area contributed by atoms with Gasteiger partial charge in [-0.15, -0.1) is 0 Å². The maximum atomic E-state index is 13.1. The predicted octanol–water partition coefficient (Wildman–Crippen LogP) is 2.76. The molecule has 2 aliphatic rings. The van der Waals surface area contributed by atoms with Gasteiger partial charge in [0.25, 0.3) is 5.91 Å². The van der Waals surface area contributed by atoms with E-state index in [0.29, 0.717) is 19.5 Å². The molecule has 1 fully saturated rings. The number of nitrogens with zero attached hydrogens (tertiary/aromatic N) is 1. The maximum absolute atomic E-state index is 13.1. The van der Waals surface area contributed by atoms with Crippen LogP contribution in [-0.2, 0) is 4.79 Å². The molecule has 1 amide bonds. The minimum absolute atomic E-state index is 0.0468. The van der Waals surface area contributed by atoms with Gasteiger partial charge in [0.15, 0.2) is 5.78 Å². The van der Waals surface area contributed by atoms with Gasteiger partial charge in [0.1, 0.15) is 5.82 Å². The Bertz CT molecular complexity index is 736. The summed E-state index contributed by atoms with van der Waals surface area (Å²) in [4.78, 5) is 26.2. The van der Waals surface area contributed by atoms with Crippen molar-refractivity contribution in [1.82, 2.24) is 4.90 Å². The first kappa shape index (κ1) is 16.0. The summed E-state index contributed by atoms with van der Waals surface area (Å²) < 4.78 is 13.1. The van der Waals surface area contributed by atoms with Gasteiger partial charge in [-0.2, -0.15) is 0 Å². The van der Waals surface area contributed by atoms with Crippen LogP contribution in [0, 0.1) is 16.6 Å². The second-order valence-corrected chi connectivity index (χ2v) is 7.54. The van der Waals surface area contributed by atoms with Crippen molar-refractivity contribution in [3.05, 3.63) is 46.4 Å². The zero-order chi connectivity index (χ0) is 17.0. The average molecular weight is 337 g/mol. The fourth-order valence-electron chi connectivity index (χ4n) is 3.69. The number of ketones is 1. The smallest absolute Gasteiger partial charge is 0.255 e. The SMILES string of the molecule is CC1(C)CC2(C=C(N)C1=O)CN(C(=O)c1ccc(F)cc1Cl)C2. The molecule has 1 spiro atoms. The van der Waals surface area contributed by atoms with Crippen molar-refractivity contribution in [2.75, 3.05) is 13.1 Å². The van der Waals surface area contributed by atoms with Gasteiger partial charge in [0.05, 0.1) is 16.3 Å². The van der Waals surface area contributed by atoms with Crippen molar-refractivity contribution in [2.24, 2.45) is 16.6 Å². The number of hydrogen-bond donors (Lipinski definition) is 1. The lowest BCUT2D eigenvalue weighted by Crippen LogP contribution is -2.61. The summed E-state index contributed by atoms with van der Waals surface area (Å²) in [6.45, 7) is 4.71. The van der Waals surface area contributed by atoms with Crippen molar-refractivity contribution < 1.29 is 14.0 Å². The van der Waals surface area contributed by atoms with Crippen LogP contribution < -0.4 is 5.73 Å². The van der Waals surface area contributed by atoms with Crippen LogP contribution in [0.5, 0.6) is 0 Å². The number of amides is 1. The Labute approximate surface area is 139 Å². The van der Waals surface area contributed by atoms with Crippen LogP contribution in [0.4, 0.5) is 4.39 Å². The molecule has 0 bridgehead atoms. The highest BCUT2D eigenvalue weighted by molar-refractivity contribution is 6.33.